The second kappa shape index (κ2) is 3.87. The predicted molar refractivity (Wildman–Crippen MR) is 85.0 cm³/mol. The highest BCUT2D eigenvalue weighted by Crippen LogP contribution is 2.33. The van der Waals surface area contributed by atoms with E-state index in [0.29, 0.717) is 5.75 Å². The first-order valence-corrected chi connectivity index (χ1v) is 6.56. The molecule has 0 spiro atoms. The maximum atomic E-state index is 9.59. The third kappa shape index (κ3) is 1.51. The van der Waals surface area contributed by atoms with Crippen LogP contribution < -0.4 is 5.73 Å². The van der Waals surface area contributed by atoms with Crippen molar-refractivity contribution in [3.63, 3.8) is 0 Å². The summed E-state index contributed by atoms with van der Waals surface area (Å²) in [4.78, 5) is 0. The van der Waals surface area contributed by atoms with Crippen molar-refractivity contribution in [2.45, 2.75) is 0 Å². The van der Waals surface area contributed by atoms with Crippen molar-refractivity contribution in [3.05, 3.63) is 60.7 Å². The molecule has 0 atom stereocenters. The molecule has 0 saturated carbocycles. The molecule has 20 heavy (non-hydrogen) atoms. The SMILES string of the molecule is Nc1ccc2c(ccc3c4ccc(O)cc4ccc23)c1. The van der Waals surface area contributed by atoms with Gasteiger partial charge in [-0.3, -0.25) is 0 Å². The molecule has 4 aromatic carbocycles. The number of benzene rings is 4. The Kier molecular flexibility index (Phi) is 2.15. The van der Waals surface area contributed by atoms with Gasteiger partial charge in [-0.2, -0.15) is 0 Å². The Morgan fingerprint density at radius 1 is 0.600 bits per heavy atom. The van der Waals surface area contributed by atoms with E-state index in [-0.39, 0.29) is 0 Å². The fraction of sp³-hybridized carbons (Fsp3) is 0. The molecule has 2 heteroatoms. The van der Waals surface area contributed by atoms with Gasteiger partial charge < -0.3 is 10.8 Å². The summed E-state index contributed by atoms with van der Waals surface area (Å²) >= 11 is 0. The molecular formula is C18H13NO. The standard InChI is InChI=1S/C18H13NO/c19-13-3-7-15-11(9-13)1-5-18-16-8-4-14(20)10-12(16)2-6-17(15)18/h1-10,20H,19H2. The van der Waals surface area contributed by atoms with Crippen molar-refractivity contribution in [2.24, 2.45) is 0 Å². The number of rotatable bonds is 0. The van der Waals surface area contributed by atoms with E-state index in [1.807, 2.05) is 24.3 Å². The summed E-state index contributed by atoms with van der Waals surface area (Å²) in [6.07, 6.45) is 0. The second-order valence-electron chi connectivity index (χ2n) is 5.11. The highest BCUT2D eigenvalue weighted by molar-refractivity contribution is 6.17. The van der Waals surface area contributed by atoms with Crippen molar-refractivity contribution in [2.75, 3.05) is 5.73 Å². The zero-order chi connectivity index (χ0) is 13.7. The molecule has 0 fully saturated rings. The van der Waals surface area contributed by atoms with Gasteiger partial charge in [-0.15, -0.1) is 0 Å². The van der Waals surface area contributed by atoms with Crippen LogP contribution in [-0.2, 0) is 0 Å². The average molecular weight is 259 g/mol. The first kappa shape index (κ1) is 11.1. The molecule has 0 amide bonds. The lowest BCUT2D eigenvalue weighted by Gasteiger charge is -2.08. The highest BCUT2D eigenvalue weighted by Gasteiger charge is 2.05. The first-order valence-electron chi connectivity index (χ1n) is 6.56. The van der Waals surface area contributed by atoms with Gasteiger partial charge in [0.2, 0.25) is 0 Å². The van der Waals surface area contributed by atoms with Crippen LogP contribution in [0.2, 0.25) is 0 Å². The van der Waals surface area contributed by atoms with Gasteiger partial charge in [0.15, 0.2) is 0 Å². The van der Waals surface area contributed by atoms with Crippen LogP contribution in [0.3, 0.4) is 0 Å². The molecule has 3 N–H and O–H groups in total. The third-order valence-electron chi connectivity index (χ3n) is 3.84. The molecule has 4 aromatic rings. The zero-order valence-corrected chi connectivity index (χ0v) is 10.8. The molecule has 0 aliphatic rings. The Hall–Kier alpha value is -2.74. The molecule has 0 unspecified atom stereocenters. The number of nitrogens with two attached hydrogens (primary N) is 1. The average Bonchev–Trinajstić information content (AvgIpc) is 2.45. The molecule has 0 aliphatic carbocycles. The van der Waals surface area contributed by atoms with Gasteiger partial charge in [0.25, 0.3) is 0 Å². The van der Waals surface area contributed by atoms with E-state index < -0.39 is 0 Å². The molecule has 0 heterocycles. The lowest BCUT2D eigenvalue weighted by atomic mass is 9.97. The van der Waals surface area contributed by atoms with E-state index in [2.05, 4.69) is 24.3 Å². The predicted octanol–water partition coefficient (Wildman–Crippen LogP) is 4.43. The van der Waals surface area contributed by atoms with Crippen LogP contribution in [-0.4, -0.2) is 5.11 Å². The topological polar surface area (TPSA) is 46.2 Å². The Labute approximate surface area is 116 Å². The summed E-state index contributed by atoms with van der Waals surface area (Å²) in [6, 6.07) is 19.9. The van der Waals surface area contributed by atoms with Crippen molar-refractivity contribution in [1.29, 1.82) is 0 Å². The van der Waals surface area contributed by atoms with Gasteiger partial charge >= 0.3 is 0 Å². The van der Waals surface area contributed by atoms with Crippen LogP contribution in [0.5, 0.6) is 5.75 Å². The van der Waals surface area contributed by atoms with Crippen LogP contribution >= 0.6 is 0 Å². The minimum atomic E-state index is 0.297. The number of aromatic hydroxyl groups is 1. The maximum Gasteiger partial charge on any atom is 0.116 e. The van der Waals surface area contributed by atoms with E-state index in [0.717, 1.165) is 21.8 Å². The van der Waals surface area contributed by atoms with Crippen LogP contribution in [0, 0.1) is 0 Å². The third-order valence-corrected chi connectivity index (χ3v) is 3.84. The normalized spacial score (nSPS) is 11.4. The van der Waals surface area contributed by atoms with Crippen molar-refractivity contribution in [1.82, 2.24) is 0 Å². The number of fused-ring (bicyclic) bond motifs is 5. The molecule has 0 saturated heterocycles. The Bertz CT molecular complexity index is 892. The second-order valence-corrected chi connectivity index (χ2v) is 5.11. The van der Waals surface area contributed by atoms with E-state index >= 15 is 0 Å². The molecule has 0 radical (unpaired) electrons. The van der Waals surface area contributed by atoms with Crippen molar-refractivity contribution >= 4 is 38.0 Å². The van der Waals surface area contributed by atoms with Gasteiger partial charge in [-0.1, -0.05) is 36.4 Å². The number of nitrogen functional groups attached to an aromatic ring is 1. The molecule has 2 nitrogen and oxygen atoms in total. The minimum absolute atomic E-state index is 0.297. The fourth-order valence-electron chi connectivity index (χ4n) is 2.89. The first-order chi connectivity index (χ1) is 9.72. The molecule has 0 aromatic heterocycles. The Morgan fingerprint density at radius 3 is 1.85 bits per heavy atom. The lowest BCUT2D eigenvalue weighted by molar-refractivity contribution is 0.476. The van der Waals surface area contributed by atoms with Crippen LogP contribution in [0.15, 0.2) is 60.7 Å². The number of phenolic OH excluding ortho intramolecular Hbond substituents is 1. The van der Waals surface area contributed by atoms with E-state index in [1.54, 1.807) is 12.1 Å². The molecule has 0 bridgehead atoms. The quantitative estimate of drug-likeness (QED) is 0.362. The largest absolute Gasteiger partial charge is 0.508 e. The number of phenols is 1. The van der Waals surface area contributed by atoms with Crippen LogP contribution in [0.25, 0.3) is 32.3 Å². The number of hydrogen-bond acceptors (Lipinski definition) is 2. The van der Waals surface area contributed by atoms with Crippen LogP contribution in [0.1, 0.15) is 0 Å². The van der Waals surface area contributed by atoms with Gasteiger partial charge in [-0.25, -0.2) is 0 Å². The summed E-state index contributed by atoms with van der Waals surface area (Å²) in [5.74, 6) is 0.297. The van der Waals surface area contributed by atoms with Crippen molar-refractivity contribution < 1.29 is 5.11 Å². The maximum absolute atomic E-state index is 9.59. The van der Waals surface area contributed by atoms with E-state index in [9.17, 15) is 5.11 Å². The summed E-state index contributed by atoms with van der Waals surface area (Å²) in [5.41, 5.74) is 6.63. The molecular weight excluding hydrogens is 246 g/mol. The molecule has 96 valence electrons. The van der Waals surface area contributed by atoms with Crippen LogP contribution in [0.4, 0.5) is 5.69 Å². The summed E-state index contributed by atoms with van der Waals surface area (Å²) in [5, 5.41) is 16.5. The fourth-order valence-corrected chi connectivity index (χ4v) is 2.89. The van der Waals surface area contributed by atoms with Gasteiger partial charge in [0, 0.05) is 5.69 Å². The number of hydrogen-bond donors (Lipinski definition) is 2. The Morgan fingerprint density at radius 2 is 1.15 bits per heavy atom. The molecule has 4 rings (SSSR count). The smallest absolute Gasteiger partial charge is 0.116 e. The van der Waals surface area contributed by atoms with Crippen molar-refractivity contribution in [3.8, 4) is 5.75 Å². The molecule has 0 aliphatic heterocycles. The van der Waals surface area contributed by atoms with E-state index in [1.165, 1.54) is 16.2 Å². The minimum Gasteiger partial charge on any atom is -0.508 e. The summed E-state index contributed by atoms with van der Waals surface area (Å²) in [6.45, 7) is 0. The van der Waals surface area contributed by atoms with E-state index in [4.69, 9.17) is 5.73 Å². The Balaban J connectivity index is 2.21. The van der Waals surface area contributed by atoms with Gasteiger partial charge in [0.1, 0.15) is 5.75 Å². The highest BCUT2D eigenvalue weighted by atomic mass is 16.3. The number of anilines is 1. The zero-order valence-electron chi connectivity index (χ0n) is 10.8. The monoisotopic (exact) mass is 259 g/mol. The van der Waals surface area contributed by atoms with Gasteiger partial charge in [-0.05, 0) is 56.6 Å². The summed E-state index contributed by atoms with van der Waals surface area (Å²) < 4.78 is 0. The summed E-state index contributed by atoms with van der Waals surface area (Å²) in [7, 11) is 0. The van der Waals surface area contributed by atoms with Gasteiger partial charge in [0.05, 0.1) is 0 Å². The lowest BCUT2D eigenvalue weighted by Crippen LogP contribution is -1.85.